The van der Waals surface area contributed by atoms with Gasteiger partial charge in [0.1, 0.15) is 11.5 Å². The van der Waals surface area contributed by atoms with Crippen LogP contribution < -0.4 is 4.74 Å². The van der Waals surface area contributed by atoms with E-state index in [1.165, 1.54) is 24.3 Å². The van der Waals surface area contributed by atoms with Gasteiger partial charge in [-0.25, -0.2) is 8.42 Å². The first-order valence-corrected chi connectivity index (χ1v) is 8.10. The monoisotopic (exact) mass is 336 g/mol. The Bertz CT molecular complexity index is 697. The second kappa shape index (κ2) is 5.59. The van der Waals surface area contributed by atoms with Crippen LogP contribution in [0.4, 0.5) is 0 Å². The molecule has 0 N–H and O–H groups in total. The van der Waals surface area contributed by atoms with Gasteiger partial charge in [0.05, 0.1) is 14.9 Å². The molecule has 100 valence electrons. The lowest BCUT2D eigenvalue weighted by Gasteiger charge is -2.07. The van der Waals surface area contributed by atoms with Crippen LogP contribution in [-0.4, -0.2) is 8.42 Å². The second-order valence-corrected chi connectivity index (χ2v) is 6.97. The fourth-order valence-electron chi connectivity index (χ4n) is 1.35. The number of ether oxygens (including phenoxy) is 1. The van der Waals surface area contributed by atoms with Crippen LogP contribution in [0.1, 0.15) is 0 Å². The van der Waals surface area contributed by atoms with Gasteiger partial charge < -0.3 is 4.74 Å². The lowest BCUT2D eigenvalue weighted by molar-refractivity contribution is 0.482. The third-order valence-electron chi connectivity index (χ3n) is 2.23. The van der Waals surface area contributed by atoms with E-state index in [9.17, 15) is 8.42 Å². The lowest BCUT2D eigenvalue weighted by Crippen LogP contribution is -1.90. The van der Waals surface area contributed by atoms with Gasteiger partial charge in [0.2, 0.25) is 0 Å². The molecular weight excluding hydrogens is 331 g/mol. The standard InChI is InChI=1S/C12H7Cl3O3S/c13-11-6-3-9(7-12(11)14)18-8-1-4-10(5-2-8)19(15,16)17/h1-7H. The maximum Gasteiger partial charge on any atom is 0.261 e. The lowest BCUT2D eigenvalue weighted by atomic mass is 10.3. The summed E-state index contributed by atoms with van der Waals surface area (Å²) in [5, 5.41) is 0.803. The van der Waals surface area contributed by atoms with Crippen LogP contribution >= 0.6 is 33.9 Å². The Kier molecular flexibility index (Phi) is 4.26. The van der Waals surface area contributed by atoms with Crippen LogP contribution in [0.3, 0.4) is 0 Å². The van der Waals surface area contributed by atoms with Gasteiger partial charge in [0, 0.05) is 16.7 Å². The molecule has 0 atom stereocenters. The van der Waals surface area contributed by atoms with E-state index in [0.717, 1.165) is 0 Å². The molecule has 19 heavy (non-hydrogen) atoms. The van der Waals surface area contributed by atoms with Gasteiger partial charge in [-0.15, -0.1) is 0 Å². The molecule has 2 aromatic carbocycles. The van der Waals surface area contributed by atoms with Crippen LogP contribution in [0.15, 0.2) is 47.4 Å². The Balaban J connectivity index is 2.22. The third kappa shape index (κ3) is 3.76. The first-order valence-electron chi connectivity index (χ1n) is 5.04. The molecule has 0 unspecified atom stereocenters. The number of rotatable bonds is 3. The largest absolute Gasteiger partial charge is 0.457 e. The summed E-state index contributed by atoms with van der Waals surface area (Å²) >= 11 is 11.6. The maximum atomic E-state index is 11.1. The molecule has 0 aliphatic carbocycles. The number of hydrogen-bond acceptors (Lipinski definition) is 3. The Hall–Kier alpha value is -0.940. The highest BCUT2D eigenvalue weighted by molar-refractivity contribution is 8.13. The first-order chi connectivity index (χ1) is 8.86. The van der Waals surface area contributed by atoms with Crippen molar-refractivity contribution in [2.45, 2.75) is 4.90 Å². The van der Waals surface area contributed by atoms with Gasteiger partial charge >= 0.3 is 0 Å². The molecule has 0 aliphatic rings. The molecule has 0 amide bonds. The van der Waals surface area contributed by atoms with Crippen molar-refractivity contribution in [3.63, 3.8) is 0 Å². The average molecular weight is 338 g/mol. The Morgan fingerprint density at radius 3 is 1.95 bits per heavy atom. The van der Waals surface area contributed by atoms with Crippen molar-refractivity contribution in [3.8, 4) is 11.5 Å². The summed E-state index contributed by atoms with van der Waals surface area (Å²) in [4.78, 5) is 0.00987. The van der Waals surface area contributed by atoms with E-state index in [-0.39, 0.29) is 4.90 Å². The summed E-state index contributed by atoms with van der Waals surface area (Å²) in [5.41, 5.74) is 0. The highest BCUT2D eigenvalue weighted by Crippen LogP contribution is 2.30. The molecule has 0 saturated carbocycles. The van der Waals surface area contributed by atoms with E-state index >= 15 is 0 Å². The predicted octanol–water partition coefficient (Wildman–Crippen LogP) is 4.71. The van der Waals surface area contributed by atoms with Gasteiger partial charge in [0.25, 0.3) is 9.05 Å². The summed E-state index contributed by atoms with van der Waals surface area (Å²) in [7, 11) is 1.48. The van der Waals surface area contributed by atoms with Crippen LogP contribution in [0.25, 0.3) is 0 Å². The van der Waals surface area contributed by atoms with E-state index in [0.29, 0.717) is 21.5 Å². The second-order valence-electron chi connectivity index (χ2n) is 3.59. The van der Waals surface area contributed by atoms with Crippen molar-refractivity contribution in [1.82, 2.24) is 0 Å². The molecule has 0 saturated heterocycles. The fraction of sp³-hybridized carbons (Fsp3) is 0. The van der Waals surface area contributed by atoms with Crippen LogP contribution in [0, 0.1) is 0 Å². The van der Waals surface area contributed by atoms with Gasteiger partial charge in [-0.05, 0) is 36.4 Å². The SMILES string of the molecule is O=S(=O)(Cl)c1ccc(Oc2ccc(Cl)c(Cl)c2)cc1. The van der Waals surface area contributed by atoms with Crippen molar-refractivity contribution in [1.29, 1.82) is 0 Å². The Morgan fingerprint density at radius 1 is 0.842 bits per heavy atom. The smallest absolute Gasteiger partial charge is 0.261 e. The van der Waals surface area contributed by atoms with Gasteiger partial charge in [-0.3, -0.25) is 0 Å². The van der Waals surface area contributed by atoms with Crippen molar-refractivity contribution >= 4 is 42.9 Å². The Morgan fingerprint density at radius 2 is 1.42 bits per heavy atom. The highest BCUT2D eigenvalue weighted by atomic mass is 35.7. The molecule has 7 heteroatoms. The molecule has 0 radical (unpaired) electrons. The molecule has 3 nitrogen and oxygen atoms in total. The van der Waals surface area contributed by atoms with Crippen molar-refractivity contribution in [3.05, 3.63) is 52.5 Å². The molecular formula is C12H7Cl3O3S. The van der Waals surface area contributed by atoms with Crippen LogP contribution in [-0.2, 0) is 9.05 Å². The summed E-state index contributed by atoms with van der Waals surface area (Å²) in [5.74, 6) is 0.957. The summed E-state index contributed by atoms with van der Waals surface area (Å²) in [6.45, 7) is 0. The molecule has 0 fully saturated rings. The molecule has 0 aliphatic heterocycles. The minimum atomic E-state index is -3.73. The fourth-order valence-corrected chi connectivity index (χ4v) is 2.40. The minimum absolute atomic E-state index is 0.00987. The topological polar surface area (TPSA) is 43.4 Å². The molecule has 2 rings (SSSR count). The molecule has 2 aromatic rings. The third-order valence-corrected chi connectivity index (χ3v) is 4.34. The van der Waals surface area contributed by atoms with Gasteiger partial charge in [-0.1, -0.05) is 23.2 Å². The number of hydrogen-bond donors (Lipinski definition) is 0. The molecule has 0 bridgehead atoms. The van der Waals surface area contributed by atoms with E-state index in [1.54, 1.807) is 18.2 Å². The van der Waals surface area contributed by atoms with E-state index in [4.69, 9.17) is 38.6 Å². The average Bonchev–Trinajstić information content (AvgIpc) is 2.33. The Labute approximate surface area is 125 Å². The molecule has 0 spiro atoms. The zero-order valence-corrected chi connectivity index (χ0v) is 12.4. The summed E-state index contributed by atoms with van der Waals surface area (Å²) < 4.78 is 27.7. The summed E-state index contributed by atoms with van der Waals surface area (Å²) in [6, 6.07) is 10.5. The zero-order valence-electron chi connectivity index (χ0n) is 9.31. The van der Waals surface area contributed by atoms with Crippen molar-refractivity contribution in [2.75, 3.05) is 0 Å². The zero-order chi connectivity index (χ0) is 14.0. The minimum Gasteiger partial charge on any atom is -0.457 e. The first kappa shape index (κ1) is 14.5. The van der Waals surface area contributed by atoms with Crippen molar-refractivity contribution < 1.29 is 13.2 Å². The number of halogens is 3. The quantitative estimate of drug-likeness (QED) is 0.762. The van der Waals surface area contributed by atoms with E-state index < -0.39 is 9.05 Å². The summed E-state index contributed by atoms with van der Waals surface area (Å²) in [6.07, 6.45) is 0. The van der Waals surface area contributed by atoms with Crippen molar-refractivity contribution in [2.24, 2.45) is 0 Å². The highest BCUT2D eigenvalue weighted by Gasteiger charge is 2.09. The normalized spacial score (nSPS) is 11.3. The van der Waals surface area contributed by atoms with Gasteiger partial charge in [-0.2, -0.15) is 0 Å². The van der Waals surface area contributed by atoms with Crippen LogP contribution in [0.2, 0.25) is 10.0 Å². The van der Waals surface area contributed by atoms with E-state index in [1.807, 2.05) is 0 Å². The maximum absolute atomic E-state index is 11.1. The van der Waals surface area contributed by atoms with Gasteiger partial charge in [0.15, 0.2) is 0 Å². The van der Waals surface area contributed by atoms with E-state index in [2.05, 4.69) is 0 Å². The van der Waals surface area contributed by atoms with Crippen LogP contribution in [0.5, 0.6) is 11.5 Å². The molecule has 0 heterocycles. The predicted molar refractivity (Wildman–Crippen MR) is 76.0 cm³/mol. The number of benzene rings is 2. The molecule has 0 aromatic heterocycles.